The number of ether oxygens (including phenoxy) is 1. The maximum atomic E-state index is 10.9. The molecule has 20 heavy (non-hydrogen) atoms. The maximum Gasteiger partial charge on any atom is 0.221 e. The van der Waals surface area contributed by atoms with E-state index in [1.807, 2.05) is 24.3 Å². The van der Waals surface area contributed by atoms with Gasteiger partial charge in [0, 0.05) is 43.5 Å². The van der Waals surface area contributed by atoms with Gasteiger partial charge in [0.2, 0.25) is 5.91 Å². The van der Waals surface area contributed by atoms with Crippen molar-refractivity contribution >= 4 is 23.4 Å². The highest BCUT2D eigenvalue weighted by molar-refractivity contribution is 7.99. The minimum Gasteiger partial charge on any atom is -0.391 e. The summed E-state index contributed by atoms with van der Waals surface area (Å²) in [6, 6.07) is 7.57. The van der Waals surface area contributed by atoms with Crippen LogP contribution in [0.3, 0.4) is 0 Å². The Balaban J connectivity index is 2.25. The first-order valence-electron chi connectivity index (χ1n) is 6.50. The molecule has 0 fully saturated rings. The second kappa shape index (κ2) is 9.77. The molecule has 6 heteroatoms. The summed E-state index contributed by atoms with van der Waals surface area (Å²) < 4.78 is 4.91. The minimum atomic E-state index is -0.396. The predicted molar refractivity (Wildman–Crippen MR) is 82.2 cm³/mol. The number of rotatable bonds is 9. The molecule has 0 aliphatic carbocycles. The van der Waals surface area contributed by atoms with E-state index in [0.29, 0.717) is 18.9 Å². The lowest BCUT2D eigenvalue weighted by Crippen LogP contribution is -2.30. The number of carbonyl (C=O) groups excluding carboxylic acids is 1. The number of hydrogen-bond donors (Lipinski definition) is 3. The molecule has 0 aliphatic heterocycles. The fourth-order valence-electron chi connectivity index (χ4n) is 1.53. The van der Waals surface area contributed by atoms with Gasteiger partial charge in [0.05, 0.1) is 12.7 Å². The Labute approximate surface area is 124 Å². The van der Waals surface area contributed by atoms with Gasteiger partial charge in [0.25, 0.3) is 0 Å². The molecule has 1 unspecified atom stereocenters. The van der Waals surface area contributed by atoms with Crippen molar-refractivity contribution < 1.29 is 14.6 Å². The van der Waals surface area contributed by atoms with Crippen LogP contribution in [0.5, 0.6) is 0 Å². The second-order valence-corrected chi connectivity index (χ2v) is 5.46. The van der Waals surface area contributed by atoms with E-state index in [4.69, 9.17) is 4.74 Å². The number of anilines is 1. The number of aliphatic hydroxyl groups is 1. The van der Waals surface area contributed by atoms with Crippen LogP contribution in [0.4, 0.5) is 5.69 Å². The lowest BCUT2D eigenvalue weighted by molar-refractivity contribution is -0.114. The van der Waals surface area contributed by atoms with Crippen LogP contribution in [0.15, 0.2) is 29.2 Å². The molecule has 0 saturated heterocycles. The van der Waals surface area contributed by atoms with Crippen LogP contribution in [-0.4, -0.2) is 49.7 Å². The van der Waals surface area contributed by atoms with Gasteiger partial charge in [-0.3, -0.25) is 4.79 Å². The molecule has 1 aromatic carbocycles. The molecule has 0 bridgehead atoms. The molecule has 0 aromatic heterocycles. The Morgan fingerprint density at radius 1 is 1.40 bits per heavy atom. The highest BCUT2D eigenvalue weighted by atomic mass is 32.2. The number of methoxy groups -OCH3 is 1. The van der Waals surface area contributed by atoms with Crippen LogP contribution in [0, 0.1) is 0 Å². The largest absolute Gasteiger partial charge is 0.391 e. The minimum absolute atomic E-state index is 0.0806. The first-order chi connectivity index (χ1) is 9.61. The number of thioether (sulfide) groups is 1. The van der Waals surface area contributed by atoms with Crippen LogP contribution in [-0.2, 0) is 9.53 Å². The summed E-state index contributed by atoms with van der Waals surface area (Å²) >= 11 is 1.59. The van der Waals surface area contributed by atoms with Gasteiger partial charge in [-0.1, -0.05) is 0 Å². The van der Waals surface area contributed by atoms with Crippen molar-refractivity contribution in [2.45, 2.75) is 17.9 Å². The van der Waals surface area contributed by atoms with Gasteiger partial charge in [0.1, 0.15) is 0 Å². The fourth-order valence-corrected chi connectivity index (χ4v) is 2.36. The van der Waals surface area contributed by atoms with E-state index in [1.165, 1.54) is 6.92 Å². The Bertz CT molecular complexity index is 398. The molecule has 1 amide bonds. The van der Waals surface area contributed by atoms with Crippen LogP contribution in [0.25, 0.3) is 0 Å². The highest BCUT2D eigenvalue weighted by Gasteiger charge is 2.05. The van der Waals surface area contributed by atoms with Crippen LogP contribution < -0.4 is 10.6 Å². The summed E-state index contributed by atoms with van der Waals surface area (Å²) in [7, 11) is 1.65. The molecule has 112 valence electrons. The van der Waals surface area contributed by atoms with Crippen molar-refractivity contribution in [1.82, 2.24) is 5.32 Å². The third-order valence-electron chi connectivity index (χ3n) is 2.48. The van der Waals surface area contributed by atoms with Crippen molar-refractivity contribution in [2.75, 3.05) is 37.9 Å². The molecule has 0 saturated carbocycles. The van der Waals surface area contributed by atoms with Gasteiger partial charge in [-0.15, -0.1) is 11.8 Å². The quantitative estimate of drug-likeness (QED) is 0.474. The maximum absolute atomic E-state index is 10.9. The molecule has 3 N–H and O–H groups in total. The molecule has 0 heterocycles. The lowest BCUT2D eigenvalue weighted by atomic mass is 10.3. The zero-order chi connectivity index (χ0) is 14.8. The van der Waals surface area contributed by atoms with Gasteiger partial charge in [-0.05, 0) is 24.3 Å². The van der Waals surface area contributed by atoms with Crippen molar-refractivity contribution in [3.05, 3.63) is 24.3 Å². The molecule has 1 rings (SSSR count). The van der Waals surface area contributed by atoms with Crippen LogP contribution >= 0.6 is 11.8 Å². The highest BCUT2D eigenvalue weighted by Crippen LogP contribution is 2.20. The average molecular weight is 298 g/mol. The van der Waals surface area contributed by atoms with Gasteiger partial charge in [-0.25, -0.2) is 0 Å². The van der Waals surface area contributed by atoms with Gasteiger partial charge in [0.15, 0.2) is 0 Å². The fraction of sp³-hybridized carbons (Fsp3) is 0.500. The molecular formula is C14H22N2O3S. The molecule has 5 nitrogen and oxygen atoms in total. The Morgan fingerprint density at radius 3 is 2.70 bits per heavy atom. The van der Waals surface area contributed by atoms with Crippen LogP contribution in [0.2, 0.25) is 0 Å². The summed E-state index contributed by atoms with van der Waals surface area (Å²) in [5.41, 5.74) is 0.781. The van der Waals surface area contributed by atoms with Crippen molar-refractivity contribution in [3.8, 4) is 0 Å². The third kappa shape index (κ3) is 7.49. The van der Waals surface area contributed by atoms with Crippen molar-refractivity contribution in [1.29, 1.82) is 0 Å². The van der Waals surface area contributed by atoms with E-state index in [0.717, 1.165) is 17.1 Å². The van der Waals surface area contributed by atoms with E-state index in [1.54, 1.807) is 18.9 Å². The third-order valence-corrected chi connectivity index (χ3v) is 3.64. The number of benzene rings is 1. The van der Waals surface area contributed by atoms with Gasteiger partial charge >= 0.3 is 0 Å². The zero-order valence-corrected chi connectivity index (χ0v) is 12.7. The summed E-state index contributed by atoms with van der Waals surface area (Å²) in [5, 5.41) is 15.6. The molecule has 0 spiro atoms. The standard InChI is InChI=1S/C14H22N2O3S/c1-11(17)16-12-3-5-14(6-4-12)20-10-13(18)9-15-7-8-19-2/h3-6,13,15,18H,7-10H2,1-2H3,(H,16,17). The number of carbonyl (C=O) groups is 1. The zero-order valence-electron chi connectivity index (χ0n) is 11.9. The van der Waals surface area contributed by atoms with E-state index in [9.17, 15) is 9.90 Å². The monoisotopic (exact) mass is 298 g/mol. The number of hydrogen-bond acceptors (Lipinski definition) is 5. The molecule has 0 aliphatic rings. The molecule has 1 atom stereocenters. The number of nitrogens with one attached hydrogen (secondary N) is 2. The van der Waals surface area contributed by atoms with E-state index >= 15 is 0 Å². The van der Waals surface area contributed by atoms with Gasteiger partial charge < -0.3 is 20.5 Å². The number of aliphatic hydroxyl groups excluding tert-OH is 1. The normalized spacial score (nSPS) is 12.2. The van der Waals surface area contributed by atoms with E-state index in [2.05, 4.69) is 10.6 Å². The summed E-state index contributed by atoms with van der Waals surface area (Å²) in [6.45, 7) is 3.42. The summed E-state index contributed by atoms with van der Waals surface area (Å²) in [6.07, 6.45) is -0.396. The molecular weight excluding hydrogens is 276 g/mol. The van der Waals surface area contributed by atoms with Gasteiger partial charge in [-0.2, -0.15) is 0 Å². The predicted octanol–water partition coefficient (Wildman–Crippen LogP) is 1.33. The SMILES string of the molecule is COCCNCC(O)CSc1ccc(NC(C)=O)cc1. The summed E-state index contributed by atoms with van der Waals surface area (Å²) in [4.78, 5) is 12.0. The smallest absolute Gasteiger partial charge is 0.221 e. The average Bonchev–Trinajstić information content (AvgIpc) is 2.42. The van der Waals surface area contributed by atoms with E-state index in [-0.39, 0.29) is 5.91 Å². The topological polar surface area (TPSA) is 70.6 Å². The second-order valence-electron chi connectivity index (χ2n) is 4.37. The Hall–Kier alpha value is -1.08. The van der Waals surface area contributed by atoms with Crippen LogP contribution in [0.1, 0.15) is 6.92 Å². The summed E-state index contributed by atoms with van der Waals surface area (Å²) in [5.74, 6) is 0.544. The molecule has 1 aromatic rings. The first kappa shape index (κ1) is 17.0. The molecule has 0 radical (unpaired) electrons. The Kier molecular flexibility index (Phi) is 8.29. The van der Waals surface area contributed by atoms with Crippen molar-refractivity contribution in [3.63, 3.8) is 0 Å². The first-order valence-corrected chi connectivity index (χ1v) is 7.48. The van der Waals surface area contributed by atoms with Crippen molar-refractivity contribution in [2.24, 2.45) is 0 Å². The lowest BCUT2D eigenvalue weighted by Gasteiger charge is -2.11. The Morgan fingerprint density at radius 2 is 2.10 bits per heavy atom. The number of amides is 1. The van der Waals surface area contributed by atoms with E-state index < -0.39 is 6.10 Å².